The molecule has 0 aliphatic heterocycles. The Morgan fingerprint density at radius 1 is 1.38 bits per heavy atom. The zero-order chi connectivity index (χ0) is 14.4. The largest absolute Gasteiger partial charge is 0.332 e. The van der Waals surface area contributed by atoms with E-state index in [9.17, 15) is 4.79 Å². The summed E-state index contributed by atoms with van der Waals surface area (Å²) in [6, 6.07) is 5.73. The molecule has 0 radical (unpaired) electrons. The van der Waals surface area contributed by atoms with E-state index < -0.39 is 0 Å². The fourth-order valence-corrected chi connectivity index (χ4v) is 2.99. The molecule has 1 aromatic carbocycles. The van der Waals surface area contributed by atoms with Crippen LogP contribution in [-0.2, 0) is 6.54 Å². The SMILES string of the molecule is CN(Cc1ccc2nonc2c1)C(=O)NC1(C2CC2)CC1. The third-order valence-electron chi connectivity index (χ3n) is 4.59. The van der Waals surface area contributed by atoms with Crippen molar-refractivity contribution in [3.63, 3.8) is 0 Å². The summed E-state index contributed by atoms with van der Waals surface area (Å²) in [7, 11) is 1.82. The Hall–Kier alpha value is -2.11. The molecule has 6 heteroatoms. The van der Waals surface area contributed by atoms with Crippen LogP contribution < -0.4 is 5.32 Å². The molecule has 21 heavy (non-hydrogen) atoms. The molecular formula is C15H18N4O2. The molecule has 0 spiro atoms. The predicted molar refractivity (Wildman–Crippen MR) is 76.5 cm³/mol. The number of carbonyl (C=O) groups excluding carboxylic acids is 1. The normalized spacial score (nSPS) is 19.5. The molecule has 2 aromatic rings. The number of aromatic nitrogens is 2. The number of carbonyl (C=O) groups is 1. The van der Waals surface area contributed by atoms with Crippen LogP contribution in [0.2, 0.25) is 0 Å². The molecular weight excluding hydrogens is 268 g/mol. The van der Waals surface area contributed by atoms with E-state index >= 15 is 0 Å². The van der Waals surface area contributed by atoms with Crippen LogP contribution in [0.3, 0.4) is 0 Å². The number of rotatable bonds is 4. The Balaban J connectivity index is 1.42. The summed E-state index contributed by atoms with van der Waals surface area (Å²) in [5.74, 6) is 0.715. The second-order valence-electron chi connectivity index (χ2n) is 6.30. The van der Waals surface area contributed by atoms with Gasteiger partial charge in [0.2, 0.25) is 0 Å². The van der Waals surface area contributed by atoms with Crippen LogP contribution in [0, 0.1) is 5.92 Å². The van der Waals surface area contributed by atoms with E-state index in [4.69, 9.17) is 0 Å². The zero-order valence-electron chi connectivity index (χ0n) is 12.0. The van der Waals surface area contributed by atoms with Gasteiger partial charge < -0.3 is 10.2 Å². The monoisotopic (exact) mass is 286 g/mol. The topological polar surface area (TPSA) is 71.3 Å². The van der Waals surface area contributed by atoms with Gasteiger partial charge in [-0.1, -0.05) is 6.07 Å². The summed E-state index contributed by atoms with van der Waals surface area (Å²) in [6.07, 6.45) is 4.79. The first-order valence-electron chi connectivity index (χ1n) is 7.41. The second kappa shape index (κ2) is 4.44. The van der Waals surface area contributed by atoms with E-state index in [1.807, 2.05) is 25.2 Å². The summed E-state index contributed by atoms with van der Waals surface area (Å²) < 4.78 is 4.69. The van der Waals surface area contributed by atoms with Crippen LogP contribution in [0.5, 0.6) is 0 Å². The van der Waals surface area contributed by atoms with Crippen molar-refractivity contribution in [2.75, 3.05) is 7.05 Å². The molecule has 2 aliphatic carbocycles. The van der Waals surface area contributed by atoms with Gasteiger partial charge in [0.25, 0.3) is 0 Å². The van der Waals surface area contributed by atoms with Gasteiger partial charge >= 0.3 is 6.03 Å². The lowest BCUT2D eigenvalue weighted by Crippen LogP contribution is -2.45. The van der Waals surface area contributed by atoms with Crippen molar-refractivity contribution in [2.45, 2.75) is 37.8 Å². The highest BCUT2D eigenvalue weighted by atomic mass is 16.6. The number of nitrogens with one attached hydrogen (secondary N) is 1. The van der Waals surface area contributed by atoms with Gasteiger partial charge in [0.1, 0.15) is 11.0 Å². The van der Waals surface area contributed by atoms with Crippen LogP contribution in [0.4, 0.5) is 4.79 Å². The van der Waals surface area contributed by atoms with E-state index in [2.05, 4.69) is 20.3 Å². The number of nitrogens with zero attached hydrogens (tertiary/aromatic N) is 3. The van der Waals surface area contributed by atoms with Crippen LogP contribution in [0.15, 0.2) is 22.8 Å². The maximum atomic E-state index is 12.3. The molecule has 1 aromatic heterocycles. The van der Waals surface area contributed by atoms with Gasteiger partial charge in [-0.2, -0.15) is 0 Å². The minimum atomic E-state index is 0.0118. The molecule has 2 saturated carbocycles. The minimum Gasteiger partial charge on any atom is -0.332 e. The number of urea groups is 1. The van der Waals surface area contributed by atoms with Crippen molar-refractivity contribution in [1.82, 2.24) is 20.5 Å². The Kier molecular flexibility index (Phi) is 2.67. The van der Waals surface area contributed by atoms with Gasteiger partial charge in [-0.25, -0.2) is 9.42 Å². The first kappa shape index (κ1) is 12.6. The summed E-state index contributed by atoms with van der Waals surface area (Å²) in [6.45, 7) is 0.551. The van der Waals surface area contributed by atoms with E-state index in [0.717, 1.165) is 29.4 Å². The summed E-state index contributed by atoms with van der Waals surface area (Å²) in [5.41, 5.74) is 2.59. The van der Waals surface area contributed by atoms with Crippen molar-refractivity contribution in [3.05, 3.63) is 23.8 Å². The van der Waals surface area contributed by atoms with Crippen molar-refractivity contribution < 1.29 is 9.42 Å². The molecule has 1 N–H and O–H groups in total. The number of hydrogen-bond donors (Lipinski definition) is 1. The Morgan fingerprint density at radius 3 is 2.86 bits per heavy atom. The number of benzene rings is 1. The van der Waals surface area contributed by atoms with Crippen LogP contribution in [0.25, 0.3) is 11.0 Å². The molecule has 2 fully saturated rings. The van der Waals surface area contributed by atoms with E-state index in [-0.39, 0.29) is 11.6 Å². The number of fused-ring (bicyclic) bond motifs is 1. The maximum absolute atomic E-state index is 12.3. The molecule has 0 bridgehead atoms. The molecule has 6 nitrogen and oxygen atoms in total. The fraction of sp³-hybridized carbons (Fsp3) is 0.533. The van der Waals surface area contributed by atoms with Gasteiger partial charge in [0, 0.05) is 19.1 Å². The van der Waals surface area contributed by atoms with Crippen LogP contribution >= 0.6 is 0 Å². The number of hydrogen-bond acceptors (Lipinski definition) is 4. The van der Waals surface area contributed by atoms with E-state index in [0.29, 0.717) is 12.5 Å². The fourth-order valence-electron chi connectivity index (χ4n) is 2.99. The number of amides is 2. The van der Waals surface area contributed by atoms with E-state index in [1.54, 1.807) is 4.90 Å². The molecule has 2 aliphatic rings. The lowest BCUT2D eigenvalue weighted by molar-refractivity contribution is 0.199. The smallest absolute Gasteiger partial charge is 0.317 e. The average Bonchev–Trinajstić information content (AvgIpc) is 3.37. The lowest BCUT2D eigenvalue weighted by Gasteiger charge is -2.23. The highest BCUT2D eigenvalue weighted by molar-refractivity contribution is 5.76. The van der Waals surface area contributed by atoms with Gasteiger partial charge in [-0.05, 0) is 59.6 Å². The molecule has 2 amide bonds. The lowest BCUT2D eigenvalue weighted by atomic mass is 10.1. The van der Waals surface area contributed by atoms with Crippen molar-refractivity contribution >= 4 is 17.1 Å². The van der Waals surface area contributed by atoms with Gasteiger partial charge in [-0.15, -0.1) is 0 Å². The van der Waals surface area contributed by atoms with Crippen molar-refractivity contribution in [3.8, 4) is 0 Å². The van der Waals surface area contributed by atoms with Gasteiger partial charge in [0.15, 0.2) is 0 Å². The highest BCUT2D eigenvalue weighted by Gasteiger charge is 2.55. The molecule has 0 saturated heterocycles. The zero-order valence-corrected chi connectivity index (χ0v) is 12.0. The minimum absolute atomic E-state index is 0.0118. The summed E-state index contributed by atoms with van der Waals surface area (Å²) in [4.78, 5) is 14.0. The third-order valence-corrected chi connectivity index (χ3v) is 4.59. The molecule has 0 atom stereocenters. The molecule has 1 heterocycles. The van der Waals surface area contributed by atoms with Crippen molar-refractivity contribution in [1.29, 1.82) is 0 Å². The maximum Gasteiger partial charge on any atom is 0.317 e. The van der Waals surface area contributed by atoms with Crippen LogP contribution in [0.1, 0.15) is 31.2 Å². The van der Waals surface area contributed by atoms with Gasteiger partial charge in [-0.3, -0.25) is 0 Å². The Morgan fingerprint density at radius 2 is 2.14 bits per heavy atom. The first-order chi connectivity index (χ1) is 10.2. The average molecular weight is 286 g/mol. The Labute approximate surface area is 122 Å². The van der Waals surface area contributed by atoms with Crippen LogP contribution in [-0.4, -0.2) is 33.8 Å². The molecule has 0 unspecified atom stereocenters. The first-order valence-corrected chi connectivity index (χ1v) is 7.41. The molecule has 4 rings (SSSR count). The molecule has 110 valence electrons. The Bertz CT molecular complexity index is 688. The predicted octanol–water partition coefficient (Wildman–Crippen LogP) is 2.31. The standard InChI is InChI=1S/C15H18N4O2/c1-19(14(20)16-15(6-7-15)11-3-4-11)9-10-2-5-12-13(8-10)18-21-17-12/h2,5,8,11H,3-4,6-7,9H2,1H3,(H,16,20). The summed E-state index contributed by atoms with van der Waals surface area (Å²) >= 11 is 0. The van der Waals surface area contributed by atoms with E-state index in [1.165, 1.54) is 12.8 Å². The third kappa shape index (κ3) is 2.34. The highest BCUT2D eigenvalue weighted by Crippen LogP contribution is 2.53. The second-order valence-corrected chi connectivity index (χ2v) is 6.30. The van der Waals surface area contributed by atoms with Gasteiger partial charge in [0.05, 0.1) is 0 Å². The quantitative estimate of drug-likeness (QED) is 0.936. The summed E-state index contributed by atoms with van der Waals surface area (Å²) in [5, 5.41) is 10.8. The van der Waals surface area contributed by atoms with Crippen molar-refractivity contribution in [2.24, 2.45) is 5.92 Å².